The second-order valence-corrected chi connectivity index (χ2v) is 5.41. The Morgan fingerprint density at radius 2 is 2.11 bits per heavy atom. The van der Waals surface area contributed by atoms with Gasteiger partial charge in [0.1, 0.15) is 6.33 Å². The van der Waals surface area contributed by atoms with Gasteiger partial charge in [-0.3, -0.25) is 4.79 Å². The summed E-state index contributed by atoms with van der Waals surface area (Å²) < 4.78 is 1.18. The predicted octanol–water partition coefficient (Wildman–Crippen LogP) is 2.98. The number of fused-ring (bicyclic) bond motifs is 4. The molecule has 1 aromatic carbocycles. The minimum Gasteiger partial charge on any atom is -0.294 e. The number of ketones is 1. The number of benzene rings is 1. The van der Waals surface area contributed by atoms with Crippen LogP contribution in [-0.2, 0) is 11.2 Å². The molecule has 4 heteroatoms. The molecule has 4 rings (SSSR count). The number of carbonyl (C=O) groups excluding carboxylic acids is 1. The van der Waals surface area contributed by atoms with Crippen molar-refractivity contribution in [3.63, 3.8) is 0 Å². The minimum absolute atomic E-state index is 0.162. The summed E-state index contributed by atoms with van der Waals surface area (Å²) in [5, 5.41) is 1.09. The molecule has 0 saturated heterocycles. The molecule has 1 aliphatic carbocycles. The van der Waals surface area contributed by atoms with Gasteiger partial charge in [0, 0.05) is 21.4 Å². The molecule has 0 radical (unpaired) electrons. The quantitative estimate of drug-likeness (QED) is 0.617. The molecule has 3 aromatic rings. The third-order valence-electron chi connectivity index (χ3n) is 3.18. The van der Waals surface area contributed by atoms with E-state index in [0.29, 0.717) is 6.42 Å². The molecule has 0 spiro atoms. The standard InChI is InChI=1S/C14H8N2OS/c17-9-1-3-12-8(5-9)6-10-13(18-12)4-2-11-14(10)16-7-15-11/h1-4,6-7H,5H2. The fourth-order valence-electron chi connectivity index (χ4n) is 2.32. The average Bonchev–Trinajstić information content (AvgIpc) is 2.85. The number of rotatable bonds is 0. The lowest BCUT2D eigenvalue weighted by Gasteiger charge is -2.10. The van der Waals surface area contributed by atoms with Crippen LogP contribution in [-0.4, -0.2) is 15.8 Å². The molecule has 0 fully saturated rings. The molecule has 3 nitrogen and oxygen atoms in total. The van der Waals surface area contributed by atoms with Crippen LogP contribution in [0.25, 0.3) is 27.2 Å². The van der Waals surface area contributed by atoms with E-state index in [1.165, 1.54) is 9.58 Å². The Balaban J connectivity index is 2.13. The maximum atomic E-state index is 11.5. The minimum atomic E-state index is 0.162. The molecule has 0 saturated carbocycles. The van der Waals surface area contributed by atoms with E-state index in [-0.39, 0.29) is 5.78 Å². The molecule has 0 amide bonds. The van der Waals surface area contributed by atoms with Gasteiger partial charge >= 0.3 is 0 Å². The summed E-state index contributed by atoms with van der Waals surface area (Å²) in [6, 6.07) is 6.15. The van der Waals surface area contributed by atoms with E-state index in [0.717, 1.165) is 22.0 Å². The van der Waals surface area contributed by atoms with Crippen LogP contribution in [0.15, 0.2) is 30.6 Å². The Morgan fingerprint density at radius 3 is 3.06 bits per heavy atom. The first kappa shape index (κ1) is 9.91. The highest BCUT2D eigenvalue weighted by molar-refractivity contribution is 7.19. The fourth-order valence-corrected chi connectivity index (χ4v) is 3.36. The van der Waals surface area contributed by atoms with Gasteiger partial charge in [-0.25, -0.2) is 9.97 Å². The van der Waals surface area contributed by atoms with Crippen LogP contribution < -0.4 is 0 Å². The lowest BCUT2D eigenvalue weighted by Crippen LogP contribution is -2.04. The van der Waals surface area contributed by atoms with Crippen LogP contribution in [0.3, 0.4) is 0 Å². The SMILES string of the molecule is O=C1C=Cc2sc3ccc4ncnc4c3cc2C1. The van der Waals surface area contributed by atoms with E-state index in [4.69, 9.17) is 0 Å². The van der Waals surface area contributed by atoms with Gasteiger partial charge in [-0.15, -0.1) is 11.3 Å². The van der Waals surface area contributed by atoms with Gasteiger partial charge in [-0.1, -0.05) is 0 Å². The number of aromatic nitrogens is 2. The smallest absolute Gasteiger partial charge is 0.160 e. The van der Waals surface area contributed by atoms with Gasteiger partial charge in [0.05, 0.1) is 11.0 Å². The van der Waals surface area contributed by atoms with Crippen LogP contribution in [0.1, 0.15) is 10.4 Å². The second-order valence-electron chi connectivity index (χ2n) is 4.33. The molecule has 2 aromatic heterocycles. The van der Waals surface area contributed by atoms with E-state index < -0.39 is 0 Å². The molecule has 0 unspecified atom stereocenters. The van der Waals surface area contributed by atoms with Crippen LogP contribution in [0.4, 0.5) is 0 Å². The topological polar surface area (TPSA) is 42.9 Å². The Kier molecular flexibility index (Phi) is 1.91. The van der Waals surface area contributed by atoms with Crippen LogP contribution in [0.2, 0.25) is 0 Å². The Bertz CT molecular complexity index is 832. The highest BCUT2D eigenvalue weighted by Gasteiger charge is 2.14. The zero-order chi connectivity index (χ0) is 12.1. The van der Waals surface area contributed by atoms with Crippen molar-refractivity contribution in [3.8, 4) is 0 Å². The maximum Gasteiger partial charge on any atom is 0.160 e. The maximum absolute atomic E-state index is 11.5. The lowest BCUT2D eigenvalue weighted by molar-refractivity contribution is -0.114. The summed E-state index contributed by atoms with van der Waals surface area (Å²) >= 11 is 1.70. The van der Waals surface area contributed by atoms with Crippen LogP contribution in [0, 0.1) is 0 Å². The molecule has 1 aliphatic rings. The number of hydrogen-bond acceptors (Lipinski definition) is 4. The third kappa shape index (κ3) is 1.32. The fraction of sp³-hybridized carbons (Fsp3) is 0.0714. The summed E-state index contributed by atoms with van der Waals surface area (Å²) in [4.78, 5) is 21.1. The highest BCUT2D eigenvalue weighted by atomic mass is 32.1. The molecule has 18 heavy (non-hydrogen) atoms. The van der Waals surface area contributed by atoms with E-state index in [9.17, 15) is 4.79 Å². The van der Waals surface area contributed by atoms with Crippen molar-refractivity contribution in [1.29, 1.82) is 0 Å². The van der Waals surface area contributed by atoms with Gasteiger partial charge < -0.3 is 0 Å². The molecule has 0 N–H and O–H groups in total. The summed E-state index contributed by atoms with van der Waals surface area (Å²) in [6.07, 6.45) is 5.64. The molecule has 86 valence electrons. The Hall–Kier alpha value is -2.07. The average molecular weight is 252 g/mol. The van der Waals surface area contributed by atoms with E-state index in [1.54, 1.807) is 23.7 Å². The van der Waals surface area contributed by atoms with Gasteiger partial charge in [0.2, 0.25) is 0 Å². The first-order chi connectivity index (χ1) is 8.81. The number of hydrogen-bond donors (Lipinski definition) is 0. The first-order valence-corrected chi connectivity index (χ1v) is 6.50. The van der Waals surface area contributed by atoms with Crippen molar-refractivity contribution in [2.45, 2.75) is 6.42 Å². The zero-order valence-electron chi connectivity index (χ0n) is 9.38. The largest absolute Gasteiger partial charge is 0.294 e. The van der Waals surface area contributed by atoms with Crippen molar-refractivity contribution in [2.24, 2.45) is 0 Å². The molecule has 0 atom stereocenters. The second kappa shape index (κ2) is 3.46. The first-order valence-electron chi connectivity index (χ1n) is 5.68. The summed E-state index contributed by atoms with van der Waals surface area (Å²) in [7, 11) is 0. The molecular formula is C14H8N2OS. The lowest BCUT2D eigenvalue weighted by atomic mass is 10.0. The summed E-state index contributed by atoms with van der Waals surface area (Å²) in [6.45, 7) is 0. The van der Waals surface area contributed by atoms with E-state index >= 15 is 0 Å². The number of allylic oxidation sites excluding steroid dienone is 1. The Labute approximate surface area is 107 Å². The monoisotopic (exact) mass is 252 g/mol. The van der Waals surface area contributed by atoms with E-state index in [2.05, 4.69) is 22.1 Å². The van der Waals surface area contributed by atoms with Gasteiger partial charge in [-0.2, -0.15) is 0 Å². The van der Waals surface area contributed by atoms with Crippen molar-refractivity contribution >= 4 is 44.3 Å². The van der Waals surface area contributed by atoms with E-state index in [1.807, 2.05) is 12.1 Å². The van der Waals surface area contributed by atoms with Crippen molar-refractivity contribution < 1.29 is 4.79 Å². The molecule has 2 heterocycles. The predicted molar refractivity (Wildman–Crippen MR) is 72.7 cm³/mol. The normalized spacial score (nSPS) is 14.3. The van der Waals surface area contributed by atoms with Crippen molar-refractivity contribution in [2.75, 3.05) is 0 Å². The number of carbonyl (C=O) groups is 1. The number of imidazole rings is 1. The van der Waals surface area contributed by atoms with Gasteiger partial charge in [-0.05, 0) is 35.9 Å². The summed E-state index contributed by atoms with van der Waals surface area (Å²) in [5.41, 5.74) is 2.93. The molecule has 0 aliphatic heterocycles. The van der Waals surface area contributed by atoms with Crippen molar-refractivity contribution in [1.82, 2.24) is 9.97 Å². The van der Waals surface area contributed by atoms with Gasteiger partial charge in [0.25, 0.3) is 0 Å². The van der Waals surface area contributed by atoms with Crippen LogP contribution >= 0.6 is 11.3 Å². The molecular weight excluding hydrogens is 244 g/mol. The van der Waals surface area contributed by atoms with Gasteiger partial charge in [0.15, 0.2) is 5.78 Å². The van der Waals surface area contributed by atoms with Crippen molar-refractivity contribution in [3.05, 3.63) is 41.0 Å². The summed E-state index contributed by atoms with van der Waals surface area (Å²) in [5.74, 6) is 0.162. The third-order valence-corrected chi connectivity index (χ3v) is 4.37. The number of nitrogens with zero attached hydrogens (tertiary/aromatic N) is 2. The Morgan fingerprint density at radius 1 is 1.17 bits per heavy atom. The molecule has 0 bridgehead atoms. The zero-order valence-corrected chi connectivity index (χ0v) is 10.2. The highest BCUT2D eigenvalue weighted by Crippen LogP contribution is 2.32. The van der Waals surface area contributed by atoms with Crippen LogP contribution in [0.5, 0.6) is 0 Å².